The third kappa shape index (κ3) is 2.46. The molecule has 0 aliphatic heterocycles. The van der Waals surface area contributed by atoms with Crippen molar-refractivity contribution in [1.82, 2.24) is 19.6 Å². The smallest absolute Gasteiger partial charge is 0.203 e. The monoisotopic (exact) mass is 293 g/mol. The predicted octanol–water partition coefficient (Wildman–Crippen LogP) is 3.03. The summed E-state index contributed by atoms with van der Waals surface area (Å²) >= 11 is 6.23. The van der Waals surface area contributed by atoms with Crippen LogP contribution in [0, 0.1) is 12.3 Å². The number of anilines is 1. The molecule has 0 aromatic carbocycles. The van der Waals surface area contributed by atoms with E-state index in [1.807, 2.05) is 17.5 Å². The third-order valence-electron chi connectivity index (χ3n) is 4.33. The van der Waals surface area contributed by atoms with Crippen LogP contribution in [0.2, 0.25) is 0 Å². The van der Waals surface area contributed by atoms with E-state index in [0.717, 1.165) is 23.8 Å². The Morgan fingerprint density at radius 2 is 2.10 bits per heavy atom. The number of halogens is 1. The first-order chi connectivity index (χ1) is 9.74. The highest BCUT2D eigenvalue weighted by Crippen LogP contribution is 2.37. The molecule has 0 atom stereocenters. The van der Waals surface area contributed by atoms with Crippen LogP contribution in [0.5, 0.6) is 0 Å². The number of rotatable bonds is 4. The molecule has 108 valence electrons. The van der Waals surface area contributed by atoms with E-state index < -0.39 is 0 Å². The molecule has 5 nitrogen and oxygen atoms in total. The van der Waals surface area contributed by atoms with E-state index in [4.69, 9.17) is 11.6 Å². The fourth-order valence-corrected chi connectivity index (χ4v) is 3.36. The Balaban J connectivity index is 1.79. The number of nitrogens with zero attached hydrogens (tertiary/aromatic N) is 4. The minimum absolute atomic E-state index is 0.198. The number of aryl methyl sites for hydroxylation is 1. The SMILES string of the molecule is Cc1nnc2c(NCC3(CCl)CCCCC3)nccn12. The lowest BCUT2D eigenvalue weighted by molar-refractivity contribution is 0.238. The second kappa shape index (κ2) is 5.56. The highest BCUT2D eigenvalue weighted by Gasteiger charge is 2.31. The Bertz CT molecular complexity index is 588. The molecule has 3 rings (SSSR count). The second-order valence-electron chi connectivity index (χ2n) is 5.76. The van der Waals surface area contributed by atoms with Gasteiger partial charge < -0.3 is 5.32 Å². The molecule has 1 aliphatic rings. The van der Waals surface area contributed by atoms with Crippen LogP contribution in [-0.4, -0.2) is 32.0 Å². The molecule has 0 unspecified atom stereocenters. The van der Waals surface area contributed by atoms with Gasteiger partial charge >= 0.3 is 0 Å². The average molecular weight is 294 g/mol. The highest BCUT2D eigenvalue weighted by atomic mass is 35.5. The van der Waals surface area contributed by atoms with Crippen molar-refractivity contribution in [3.05, 3.63) is 18.2 Å². The molecular formula is C14H20ClN5. The van der Waals surface area contributed by atoms with Gasteiger partial charge in [-0.2, -0.15) is 0 Å². The molecule has 1 fully saturated rings. The first-order valence-electron chi connectivity index (χ1n) is 7.20. The number of nitrogens with one attached hydrogen (secondary N) is 1. The quantitative estimate of drug-likeness (QED) is 0.880. The molecule has 1 aliphatic carbocycles. The summed E-state index contributed by atoms with van der Waals surface area (Å²) < 4.78 is 1.95. The zero-order valence-electron chi connectivity index (χ0n) is 11.8. The minimum Gasteiger partial charge on any atom is -0.366 e. The lowest BCUT2D eigenvalue weighted by Crippen LogP contribution is -2.34. The molecule has 0 saturated heterocycles. The van der Waals surface area contributed by atoms with Crippen LogP contribution in [0.15, 0.2) is 12.4 Å². The maximum atomic E-state index is 6.23. The van der Waals surface area contributed by atoms with Crippen LogP contribution in [0.25, 0.3) is 5.65 Å². The molecule has 1 N–H and O–H groups in total. The summed E-state index contributed by atoms with van der Waals surface area (Å²) in [4.78, 5) is 4.39. The Kier molecular flexibility index (Phi) is 3.78. The molecule has 0 amide bonds. The number of aromatic nitrogens is 4. The molecule has 0 bridgehead atoms. The normalized spacial score (nSPS) is 18.3. The summed E-state index contributed by atoms with van der Waals surface area (Å²) in [5, 5.41) is 11.7. The Labute approximate surface area is 123 Å². The van der Waals surface area contributed by atoms with Crippen molar-refractivity contribution in [3.8, 4) is 0 Å². The molecule has 0 spiro atoms. The van der Waals surface area contributed by atoms with Crippen LogP contribution in [0.4, 0.5) is 5.82 Å². The molecule has 1 saturated carbocycles. The van der Waals surface area contributed by atoms with Crippen molar-refractivity contribution in [2.75, 3.05) is 17.7 Å². The first-order valence-corrected chi connectivity index (χ1v) is 7.74. The molecule has 2 heterocycles. The Morgan fingerprint density at radius 3 is 2.85 bits per heavy atom. The van der Waals surface area contributed by atoms with Crippen LogP contribution >= 0.6 is 11.6 Å². The van der Waals surface area contributed by atoms with Crippen molar-refractivity contribution < 1.29 is 0 Å². The molecule has 2 aromatic rings. The molecule has 2 aromatic heterocycles. The lowest BCUT2D eigenvalue weighted by atomic mass is 9.75. The topological polar surface area (TPSA) is 55.1 Å². The van der Waals surface area contributed by atoms with Gasteiger partial charge in [0.05, 0.1) is 0 Å². The standard InChI is InChI=1S/C14H20ClN5/c1-11-18-19-13-12(16-7-8-20(11)13)17-10-14(9-15)5-3-2-4-6-14/h7-8H,2-6,9-10H2,1H3,(H,16,17). The number of hydrogen-bond acceptors (Lipinski definition) is 4. The van der Waals surface area contributed by atoms with Gasteiger partial charge in [0.2, 0.25) is 5.65 Å². The van der Waals surface area contributed by atoms with Crippen molar-refractivity contribution in [3.63, 3.8) is 0 Å². The summed E-state index contributed by atoms with van der Waals surface area (Å²) in [5.41, 5.74) is 0.981. The maximum Gasteiger partial charge on any atom is 0.203 e. The number of alkyl halides is 1. The minimum atomic E-state index is 0.198. The van der Waals surface area contributed by atoms with E-state index in [-0.39, 0.29) is 5.41 Å². The first kappa shape index (κ1) is 13.6. The number of hydrogen-bond donors (Lipinski definition) is 1. The predicted molar refractivity (Wildman–Crippen MR) is 80.2 cm³/mol. The van der Waals surface area contributed by atoms with Crippen molar-refractivity contribution in [2.45, 2.75) is 39.0 Å². The van der Waals surface area contributed by atoms with Crippen LogP contribution in [0.3, 0.4) is 0 Å². The summed E-state index contributed by atoms with van der Waals surface area (Å²) in [5.74, 6) is 2.37. The molecule has 6 heteroatoms. The van der Waals surface area contributed by atoms with Crippen molar-refractivity contribution >= 4 is 23.1 Å². The van der Waals surface area contributed by atoms with Gasteiger partial charge in [-0.25, -0.2) is 4.98 Å². The largest absolute Gasteiger partial charge is 0.366 e. The van der Waals surface area contributed by atoms with Gasteiger partial charge in [0.1, 0.15) is 5.82 Å². The van der Waals surface area contributed by atoms with Gasteiger partial charge in [0.25, 0.3) is 0 Å². The Morgan fingerprint density at radius 1 is 1.30 bits per heavy atom. The van der Waals surface area contributed by atoms with Gasteiger partial charge in [-0.15, -0.1) is 21.8 Å². The Hall–Kier alpha value is -1.36. The summed E-state index contributed by atoms with van der Waals surface area (Å²) in [6.07, 6.45) is 9.92. The van der Waals surface area contributed by atoms with Crippen LogP contribution in [0.1, 0.15) is 37.9 Å². The molecular weight excluding hydrogens is 274 g/mol. The summed E-state index contributed by atoms with van der Waals surface area (Å²) in [6, 6.07) is 0. The number of fused-ring (bicyclic) bond motifs is 1. The van der Waals surface area contributed by atoms with E-state index >= 15 is 0 Å². The lowest BCUT2D eigenvalue weighted by Gasteiger charge is -2.35. The van der Waals surface area contributed by atoms with Gasteiger partial charge in [0.15, 0.2) is 5.82 Å². The summed E-state index contributed by atoms with van der Waals surface area (Å²) in [6.45, 7) is 2.79. The fourth-order valence-electron chi connectivity index (χ4n) is 3.00. The molecule has 0 radical (unpaired) electrons. The maximum absolute atomic E-state index is 6.23. The van der Waals surface area contributed by atoms with E-state index in [1.165, 1.54) is 32.1 Å². The van der Waals surface area contributed by atoms with Crippen LogP contribution < -0.4 is 5.32 Å². The van der Waals surface area contributed by atoms with E-state index in [1.54, 1.807) is 6.20 Å². The van der Waals surface area contributed by atoms with E-state index in [0.29, 0.717) is 5.88 Å². The van der Waals surface area contributed by atoms with Gasteiger partial charge in [-0.3, -0.25) is 4.40 Å². The highest BCUT2D eigenvalue weighted by molar-refractivity contribution is 6.18. The molecule has 20 heavy (non-hydrogen) atoms. The van der Waals surface area contributed by atoms with E-state index in [9.17, 15) is 0 Å². The van der Waals surface area contributed by atoms with Gasteiger partial charge in [-0.05, 0) is 19.8 Å². The van der Waals surface area contributed by atoms with Crippen molar-refractivity contribution in [1.29, 1.82) is 0 Å². The van der Waals surface area contributed by atoms with E-state index in [2.05, 4.69) is 20.5 Å². The zero-order chi connectivity index (χ0) is 14.0. The fraction of sp³-hybridized carbons (Fsp3) is 0.643. The average Bonchev–Trinajstić information content (AvgIpc) is 2.88. The zero-order valence-corrected chi connectivity index (χ0v) is 12.5. The summed E-state index contributed by atoms with van der Waals surface area (Å²) in [7, 11) is 0. The van der Waals surface area contributed by atoms with Crippen LogP contribution in [-0.2, 0) is 0 Å². The second-order valence-corrected chi connectivity index (χ2v) is 6.03. The van der Waals surface area contributed by atoms with Gasteiger partial charge in [0, 0.05) is 30.2 Å². The third-order valence-corrected chi connectivity index (χ3v) is 4.89. The van der Waals surface area contributed by atoms with Gasteiger partial charge in [-0.1, -0.05) is 19.3 Å². The van der Waals surface area contributed by atoms with Crippen molar-refractivity contribution in [2.24, 2.45) is 5.41 Å².